The Morgan fingerprint density at radius 1 is 1.16 bits per heavy atom. The fraction of sp³-hybridized carbons (Fsp3) is 0.562. The van der Waals surface area contributed by atoms with E-state index in [0.717, 1.165) is 11.8 Å². The van der Waals surface area contributed by atoms with Crippen LogP contribution in [0.4, 0.5) is 0 Å². The number of benzene rings is 1. The van der Waals surface area contributed by atoms with Crippen LogP contribution in [0.5, 0.6) is 0 Å². The number of aldehydes is 1. The predicted octanol–water partition coefficient (Wildman–Crippen LogP) is 4.58. The Morgan fingerprint density at radius 2 is 1.68 bits per heavy atom. The van der Waals surface area contributed by atoms with Gasteiger partial charge in [-0.3, -0.25) is 0 Å². The normalized spacial score (nSPS) is 15.9. The van der Waals surface area contributed by atoms with Crippen molar-refractivity contribution in [2.45, 2.75) is 51.9 Å². The van der Waals surface area contributed by atoms with Crippen LogP contribution in [0.2, 0.25) is 18.1 Å². The van der Waals surface area contributed by atoms with Crippen LogP contribution in [0.3, 0.4) is 0 Å². The molecule has 2 nitrogen and oxygen atoms in total. The van der Waals surface area contributed by atoms with Gasteiger partial charge in [0.1, 0.15) is 6.29 Å². The molecule has 0 fully saturated rings. The van der Waals surface area contributed by atoms with Crippen molar-refractivity contribution < 1.29 is 9.22 Å². The van der Waals surface area contributed by atoms with Crippen molar-refractivity contribution in [3.05, 3.63) is 35.9 Å². The Hall–Kier alpha value is -0.933. The summed E-state index contributed by atoms with van der Waals surface area (Å²) in [7, 11) is -1.89. The highest BCUT2D eigenvalue weighted by atomic mass is 28.4. The monoisotopic (exact) mass is 278 g/mol. The summed E-state index contributed by atoms with van der Waals surface area (Å²) in [4.78, 5) is 11.2. The molecule has 1 aromatic carbocycles. The van der Waals surface area contributed by atoms with Gasteiger partial charge in [-0.15, -0.1) is 0 Å². The molecule has 0 saturated heterocycles. The lowest BCUT2D eigenvalue weighted by Crippen LogP contribution is -2.43. The van der Waals surface area contributed by atoms with Crippen molar-refractivity contribution in [2.75, 3.05) is 0 Å². The van der Waals surface area contributed by atoms with Crippen LogP contribution in [0.1, 0.15) is 39.4 Å². The Kier molecular flexibility index (Phi) is 5.10. The van der Waals surface area contributed by atoms with Crippen LogP contribution in [0, 0.1) is 5.92 Å². The molecule has 0 radical (unpaired) electrons. The van der Waals surface area contributed by atoms with E-state index in [4.69, 9.17) is 4.43 Å². The van der Waals surface area contributed by atoms with Gasteiger partial charge in [0.25, 0.3) is 0 Å². The van der Waals surface area contributed by atoms with E-state index in [0.29, 0.717) is 0 Å². The van der Waals surface area contributed by atoms with E-state index in [1.807, 2.05) is 37.3 Å². The first kappa shape index (κ1) is 16.1. The smallest absolute Gasteiger partial charge is 0.192 e. The highest BCUT2D eigenvalue weighted by Crippen LogP contribution is 2.41. The van der Waals surface area contributed by atoms with Crippen LogP contribution in [0.15, 0.2) is 30.3 Å². The summed E-state index contributed by atoms with van der Waals surface area (Å²) in [6, 6.07) is 10.1. The lowest BCUT2D eigenvalue weighted by Gasteiger charge is -2.40. The molecule has 0 bridgehead atoms. The minimum absolute atomic E-state index is 0.128. The number of carbonyl (C=O) groups is 1. The molecule has 3 heteroatoms. The molecular formula is C16H26O2Si. The van der Waals surface area contributed by atoms with Crippen molar-refractivity contribution in [3.8, 4) is 0 Å². The molecule has 1 rings (SSSR count). The third-order valence-corrected chi connectivity index (χ3v) is 8.50. The molecule has 1 aromatic rings. The van der Waals surface area contributed by atoms with Gasteiger partial charge in [0.05, 0.1) is 6.10 Å². The highest BCUT2D eigenvalue weighted by Gasteiger charge is 2.40. The Balaban J connectivity index is 3.04. The van der Waals surface area contributed by atoms with Crippen molar-refractivity contribution >= 4 is 14.6 Å². The van der Waals surface area contributed by atoms with E-state index in [-0.39, 0.29) is 17.1 Å². The molecule has 19 heavy (non-hydrogen) atoms. The highest BCUT2D eigenvalue weighted by molar-refractivity contribution is 6.74. The zero-order chi connectivity index (χ0) is 14.7. The Morgan fingerprint density at radius 3 is 2.11 bits per heavy atom. The van der Waals surface area contributed by atoms with Crippen molar-refractivity contribution in [1.29, 1.82) is 0 Å². The zero-order valence-corrected chi connectivity index (χ0v) is 13.9. The summed E-state index contributed by atoms with van der Waals surface area (Å²) < 4.78 is 6.45. The Bertz CT molecular complexity index is 407. The van der Waals surface area contributed by atoms with Crippen LogP contribution in [-0.2, 0) is 9.22 Å². The van der Waals surface area contributed by atoms with Crippen molar-refractivity contribution in [2.24, 2.45) is 5.92 Å². The second-order valence-corrected chi connectivity index (χ2v) is 11.5. The van der Waals surface area contributed by atoms with Gasteiger partial charge >= 0.3 is 0 Å². The minimum atomic E-state index is -1.89. The molecule has 0 heterocycles. The van der Waals surface area contributed by atoms with Crippen LogP contribution in [-0.4, -0.2) is 14.6 Å². The third kappa shape index (κ3) is 4.01. The summed E-state index contributed by atoms with van der Waals surface area (Å²) in [5.41, 5.74) is 1.09. The molecule has 0 aliphatic rings. The van der Waals surface area contributed by atoms with Crippen molar-refractivity contribution in [1.82, 2.24) is 0 Å². The van der Waals surface area contributed by atoms with Crippen LogP contribution in [0.25, 0.3) is 0 Å². The molecule has 0 spiro atoms. The molecule has 0 aliphatic carbocycles. The molecule has 0 amide bonds. The summed E-state index contributed by atoms with van der Waals surface area (Å²) in [6.07, 6.45) is 0.852. The maximum atomic E-state index is 11.2. The van der Waals surface area contributed by atoms with Crippen molar-refractivity contribution in [3.63, 3.8) is 0 Å². The average Bonchev–Trinajstić information content (AvgIpc) is 2.35. The van der Waals surface area contributed by atoms with E-state index >= 15 is 0 Å². The second kappa shape index (κ2) is 6.01. The summed E-state index contributed by atoms with van der Waals surface area (Å²) >= 11 is 0. The number of carbonyl (C=O) groups excluding carboxylic acids is 1. The zero-order valence-electron chi connectivity index (χ0n) is 12.9. The number of hydrogen-bond donors (Lipinski definition) is 0. The Labute approximate surface area is 118 Å². The van der Waals surface area contributed by atoms with E-state index in [1.165, 1.54) is 0 Å². The first-order valence-electron chi connectivity index (χ1n) is 6.87. The molecule has 0 aromatic heterocycles. The van der Waals surface area contributed by atoms with Gasteiger partial charge in [-0.25, -0.2) is 0 Å². The van der Waals surface area contributed by atoms with Gasteiger partial charge in [0.15, 0.2) is 8.32 Å². The standard InChI is InChI=1S/C16H26O2Si/c1-13(12-17)15(14-10-8-7-9-11-14)18-19(5,6)16(2,3)4/h7-13,15H,1-6H3/t13-,15-/m0/s1. The maximum Gasteiger partial charge on any atom is 0.192 e. The fourth-order valence-corrected chi connectivity index (χ4v) is 3.03. The summed E-state index contributed by atoms with van der Waals surface area (Å²) in [6.45, 7) is 13.0. The first-order chi connectivity index (χ1) is 8.69. The summed E-state index contributed by atoms with van der Waals surface area (Å²) in [5, 5.41) is 0.142. The number of hydrogen-bond acceptors (Lipinski definition) is 2. The molecule has 0 saturated carbocycles. The predicted molar refractivity (Wildman–Crippen MR) is 82.7 cm³/mol. The third-order valence-electron chi connectivity index (χ3n) is 4.05. The quantitative estimate of drug-likeness (QED) is 0.582. The maximum absolute atomic E-state index is 11.2. The molecule has 0 aliphatic heterocycles. The summed E-state index contributed by atoms with van der Waals surface area (Å²) in [5.74, 6) is -0.128. The largest absolute Gasteiger partial charge is 0.409 e. The molecule has 2 atom stereocenters. The van der Waals surface area contributed by atoms with Crippen LogP contribution >= 0.6 is 0 Å². The van der Waals surface area contributed by atoms with E-state index in [9.17, 15) is 4.79 Å². The lowest BCUT2D eigenvalue weighted by atomic mass is 9.99. The lowest BCUT2D eigenvalue weighted by molar-refractivity contribution is -0.113. The topological polar surface area (TPSA) is 26.3 Å². The average molecular weight is 278 g/mol. The van der Waals surface area contributed by atoms with E-state index in [1.54, 1.807) is 0 Å². The van der Waals surface area contributed by atoms with Gasteiger partial charge in [0.2, 0.25) is 0 Å². The minimum Gasteiger partial charge on any atom is -0.409 e. The number of rotatable bonds is 5. The second-order valence-electron chi connectivity index (χ2n) is 6.70. The molecule has 0 N–H and O–H groups in total. The van der Waals surface area contributed by atoms with Gasteiger partial charge in [-0.1, -0.05) is 58.0 Å². The van der Waals surface area contributed by atoms with Gasteiger partial charge < -0.3 is 9.22 Å². The molecule has 106 valence electrons. The van der Waals surface area contributed by atoms with E-state index in [2.05, 4.69) is 33.9 Å². The van der Waals surface area contributed by atoms with E-state index < -0.39 is 8.32 Å². The first-order valence-corrected chi connectivity index (χ1v) is 9.78. The molecule has 0 unspecified atom stereocenters. The SMILES string of the molecule is C[C@@H](C=O)[C@H](O[Si](C)(C)C(C)(C)C)c1ccccc1. The molecular weight excluding hydrogens is 252 g/mol. The van der Waals surface area contributed by atoms with Crippen LogP contribution < -0.4 is 0 Å². The van der Waals surface area contributed by atoms with Gasteiger partial charge in [-0.2, -0.15) is 0 Å². The fourth-order valence-electron chi connectivity index (χ4n) is 1.69. The van der Waals surface area contributed by atoms with Gasteiger partial charge in [0, 0.05) is 5.92 Å². The van der Waals surface area contributed by atoms with Gasteiger partial charge in [-0.05, 0) is 23.7 Å².